The molecule has 33 heavy (non-hydrogen) atoms. The number of urea groups is 1. The predicted octanol–water partition coefficient (Wildman–Crippen LogP) is 0.834. The monoisotopic (exact) mass is 481 g/mol. The lowest BCUT2D eigenvalue weighted by molar-refractivity contribution is -0.147. The van der Waals surface area contributed by atoms with Gasteiger partial charge in [-0.25, -0.2) is 9.69 Å². The number of ether oxygens (including phenoxy) is 2. The first-order chi connectivity index (χ1) is 15.6. The molecule has 3 unspecified atom stereocenters. The summed E-state index contributed by atoms with van der Waals surface area (Å²) in [5.41, 5.74) is -0.467. The van der Waals surface area contributed by atoms with Gasteiger partial charge in [0.2, 0.25) is 6.23 Å². The Bertz CT molecular complexity index is 1010. The van der Waals surface area contributed by atoms with Crippen LogP contribution in [-0.4, -0.2) is 75.7 Å². The summed E-state index contributed by atoms with van der Waals surface area (Å²) in [6, 6.07) is 1.55. The highest BCUT2D eigenvalue weighted by Gasteiger charge is 2.58. The van der Waals surface area contributed by atoms with Crippen LogP contribution in [0.4, 0.5) is 16.2 Å². The van der Waals surface area contributed by atoms with E-state index >= 15 is 0 Å². The van der Waals surface area contributed by atoms with Crippen molar-refractivity contribution in [1.29, 1.82) is 0 Å². The van der Waals surface area contributed by atoms with Gasteiger partial charge in [0.25, 0.3) is 11.8 Å². The number of Topliss-reactive ketones (excluding diaryl/α,β-unsaturated/α-hetero) is 1. The van der Waals surface area contributed by atoms with Crippen LogP contribution >= 0.6 is 0 Å². The number of likely N-dealkylation sites (N-methyl/N-ethyl adjacent to an activating group) is 1. The molecule has 0 radical (unpaired) electrons. The van der Waals surface area contributed by atoms with E-state index < -0.39 is 52.6 Å². The molecule has 2 N–H and O–H groups in total. The standard InChI is InChI=1S/C20H26N4O8S/c1-5-20(8-9-20)15(25)14(24-17(27)18(32-4)23(2)19(24)28)16(26)21-12-7-6-11(22-33(29)30)10-13(12)31-3/h6-7,10,14,18,22H,5,8-9H2,1-4H3,(H,21,26)(H,29,30)/p-1. The van der Waals surface area contributed by atoms with Crippen LogP contribution in [0.5, 0.6) is 5.75 Å². The zero-order valence-corrected chi connectivity index (χ0v) is 19.4. The number of hydrogen-bond acceptors (Lipinski definition) is 8. The van der Waals surface area contributed by atoms with Crippen molar-refractivity contribution in [2.24, 2.45) is 5.41 Å². The summed E-state index contributed by atoms with van der Waals surface area (Å²) in [4.78, 5) is 54.1. The number of benzene rings is 1. The van der Waals surface area contributed by atoms with E-state index in [1.807, 2.05) is 6.92 Å². The molecule has 13 heteroatoms. The van der Waals surface area contributed by atoms with Crippen LogP contribution in [0, 0.1) is 5.41 Å². The van der Waals surface area contributed by atoms with Gasteiger partial charge in [-0.3, -0.25) is 23.5 Å². The van der Waals surface area contributed by atoms with Crippen molar-refractivity contribution >= 4 is 46.3 Å². The molecule has 1 aliphatic carbocycles. The Labute approximate surface area is 193 Å². The fourth-order valence-corrected chi connectivity index (χ4v) is 4.19. The molecule has 1 heterocycles. The molecule has 1 saturated carbocycles. The van der Waals surface area contributed by atoms with Crippen LogP contribution in [0.3, 0.4) is 0 Å². The van der Waals surface area contributed by atoms with Crippen molar-refractivity contribution in [3.05, 3.63) is 18.2 Å². The van der Waals surface area contributed by atoms with Gasteiger partial charge in [-0.2, -0.15) is 0 Å². The molecule has 1 aliphatic heterocycles. The first kappa shape index (κ1) is 24.6. The van der Waals surface area contributed by atoms with Crippen molar-refractivity contribution in [3.63, 3.8) is 0 Å². The number of carbonyl (C=O) groups is 4. The van der Waals surface area contributed by atoms with Crippen molar-refractivity contribution in [2.75, 3.05) is 31.3 Å². The highest BCUT2D eigenvalue weighted by Crippen LogP contribution is 2.51. The molecule has 1 saturated heterocycles. The number of methoxy groups -OCH3 is 2. The summed E-state index contributed by atoms with van der Waals surface area (Å²) >= 11 is -2.57. The van der Waals surface area contributed by atoms with Gasteiger partial charge in [0.15, 0.2) is 11.8 Å². The largest absolute Gasteiger partial charge is 0.755 e. The first-order valence-corrected chi connectivity index (χ1v) is 11.2. The Hall–Kier alpha value is -3.03. The summed E-state index contributed by atoms with van der Waals surface area (Å²) in [5.74, 6) is -2.12. The Morgan fingerprint density at radius 2 is 1.97 bits per heavy atom. The van der Waals surface area contributed by atoms with E-state index in [1.165, 1.54) is 39.5 Å². The molecular formula is C20H25N4O8S-. The highest BCUT2D eigenvalue weighted by atomic mass is 32.2. The van der Waals surface area contributed by atoms with Crippen LogP contribution in [0.15, 0.2) is 18.2 Å². The van der Waals surface area contributed by atoms with Crippen LogP contribution in [0.25, 0.3) is 0 Å². The molecule has 2 fully saturated rings. The van der Waals surface area contributed by atoms with E-state index in [2.05, 4.69) is 10.0 Å². The zero-order valence-electron chi connectivity index (χ0n) is 18.6. The molecular weight excluding hydrogens is 456 g/mol. The smallest absolute Gasteiger partial charge is 0.330 e. The minimum Gasteiger partial charge on any atom is -0.755 e. The second kappa shape index (κ2) is 9.45. The van der Waals surface area contributed by atoms with Gasteiger partial charge in [-0.1, -0.05) is 6.92 Å². The first-order valence-electron chi connectivity index (χ1n) is 10.1. The normalized spacial score (nSPS) is 20.9. The number of hydrogen-bond donors (Lipinski definition) is 2. The molecule has 0 bridgehead atoms. The summed E-state index contributed by atoms with van der Waals surface area (Å²) in [6.07, 6.45) is 0.333. The fraction of sp³-hybridized carbons (Fsp3) is 0.500. The minimum absolute atomic E-state index is 0.104. The average molecular weight is 482 g/mol. The summed E-state index contributed by atoms with van der Waals surface area (Å²) in [5, 5.41) is 2.54. The second-order valence-corrected chi connectivity index (χ2v) is 8.51. The molecule has 0 spiro atoms. The van der Waals surface area contributed by atoms with E-state index in [0.717, 1.165) is 4.90 Å². The lowest BCUT2D eigenvalue weighted by atomic mass is 9.91. The van der Waals surface area contributed by atoms with Gasteiger partial charge in [0, 0.05) is 42.6 Å². The van der Waals surface area contributed by atoms with E-state index in [9.17, 15) is 27.9 Å². The maximum Gasteiger partial charge on any atom is 0.330 e. The summed E-state index contributed by atoms with van der Waals surface area (Å²) in [7, 11) is 3.90. The SMILES string of the molecule is CCC1(C(=O)C(C(=O)Nc2ccc(NS(=O)[O-])cc2OC)N2C(=O)C(OC)N(C)C2=O)CC1. The maximum atomic E-state index is 13.4. The molecule has 2 aliphatic rings. The topological polar surface area (TPSA) is 157 Å². The predicted molar refractivity (Wildman–Crippen MR) is 116 cm³/mol. The molecule has 1 aromatic rings. The quantitative estimate of drug-likeness (QED) is 0.283. The van der Waals surface area contributed by atoms with Crippen LogP contribution in [0.1, 0.15) is 26.2 Å². The lowest BCUT2D eigenvalue weighted by Crippen LogP contribution is -2.54. The maximum absolute atomic E-state index is 13.4. The van der Waals surface area contributed by atoms with Gasteiger partial charge < -0.3 is 24.1 Å². The number of imide groups is 1. The van der Waals surface area contributed by atoms with Gasteiger partial charge >= 0.3 is 6.03 Å². The van der Waals surface area contributed by atoms with Gasteiger partial charge in [-0.05, 0) is 31.4 Å². The van der Waals surface area contributed by atoms with Crippen LogP contribution in [-0.2, 0) is 30.4 Å². The molecule has 3 rings (SSSR count). The lowest BCUT2D eigenvalue weighted by Gasteiger charge is -2.27. The van der Waals surface area contributed by atoms with Gasteiger partial charge in [-0.15, -0.1) is 0 Å². The van der Waals surface area contributed by atoms with Gasteiger partial charge in [0.1, 0.15) is 5.75 Å². The Morgan fingerprint density at radius 3 is 2.45 bits per heavy atom. The Kier molecular flexibility index (Phi) is 7.05. The number of nitrogens with zero attached hydrogens (tertiary/aromatic N) is 2. The Morgan fingerprint density at radius 1 is 1.30 bits per heavy atom. The number of anilines is 2. The van der Waals surface area contributed by atoms with E-state index in [0.29, 0.717) is 24.2 Å². The van der Waals surface area contributed by atoms with Crippen LogP contribution in [0.2, 0.25) is 0 Å². The third-order valence-electron chi connectivity index (χ3n) is 6.00. The summed E-state index contributed by atoms with van der Waals surface area (Å²) in [6.45, 7) is 1.81. The van der Waals surface area contributed by atoms with Crippen molar-refractivity contribution < 1.29 is 37.4 Å². The molecule has 0 aromatic heterocycles. The molecule has 12 nitrogen and oxygen atoms in total. The number of amides is 4. The van der Waals surface area contributed by atoms with E-state index in [1.54, 1.807) is 0 Å². The van der Waals surface area contributed by atoms with Crippen molar-refractivity contribution in [1.82, 2.24) is 9.80 Å². The highest BCUT2D eigenvalue weighted by molar-refractivity contribution is 7.80. The molecule has 3 atom stereocenters. The Balaban J connectivity index is 1.96. The second-order valence-electron chi connectivity index (χ2n) is 7.83. The molecule has 180 valence electrons. The number of rotatable bonds is 10. The molecule has 4 amide bonds. The average Bonchev–Trinajstić information content (AvgIpc) is 3.55. The third-order valence-corrected chi connectivity index (χ3v) is 6.40. The number of ketones is 1. The molecule has 1 aromatic carbocycles. The van der Waals surface area contributed by atoms with E-state index in [4.69, 9.17) is 9.47 Å². The van der Waals surface area contributed by atoms with E-state index in [-0.39, 0.29) is 17.1 Å². The minimum atomic E-state index is -2.57. The number of nitrogens with one attached hydrogen (secondary N) is 2. The fourth-order valence-electron chi connectivity index (χ4n) is 3.87. The summed E-state index contributed by atoms with van der Waals surface area (Å²) < 4.78 is 34.2. The number of carbonyl (C=O) groups excluding carboxylic acids is 4. The van der Waals surface area contributed by atoms with Gasteiger partial charge in [0.05, 0.1) is 12.8 Å². The van der Waals surface area contributed by atoms with Crippen LogP contribution < -0.4 is 14.8 Å². The third kappa shape index (κ3) is 4.56. The zero-order chi connectivity index (χ0) is 24.5. The van der Waals surface area contributed by atoms with Crippen molar-refractivity contribution in [2.45, 2.75) is 38.5 Å². The van der Waals surface area contributed by atoms with Crippen molar-refractivity contribution in [3.8, 4) is 5.75 Å².